The third-order valence-corrected chi connectivity index (χ3v) is 4.02. The maximum Gasteiger partial charge on any atom is 0.132 e. The number of nitrogens with one attached hydrogen (secondary N) is 1. The molecular formula is C14H24N4. The summed E-state index contributed by atoms with van der Waals surface area (Å²) >= 11 is 0. The van der Waals surface area contributed by atoms with Crippen molar-refractivity contribution >= 4 is 5.82 Å². The molecule has 0 aliphatic carbocycles. The van der Waals surface area contributed by atoms with Crippen LogP contribution in [0.15, 0.2) is 12.4 Å². The minimum absolute atomic E-state index is 0.570. The van der Waals surface area contributed by atoms with E-state index >= 15 is 0 Å². The van der Waals surface area contributed by atoms with E-state index in [0.29, 0.717) is 12.0 Å². The van der Waals surface area contributed by atoms with Gasteiger partial charge in [0.25, 0.3) is 0 Å². The normalized spacial score (nSPS) is 21.9. The molecule has 0 radical (unpaired) electrons. The smallest absolute Gasteiger partial charge is 0.132 e. The first kappa shape index (κ1) is 13.3. The maximum atomic E-state index is 4.43. The molecule has 1 fully saturated rings. The Kier molecular flexibility index (Phi) is 4.53. The van der Waals surface area contributed by atoms with Gasteiger partial charge < -0.3 is 10.2 Å². The summed E-state index contributed by atoms with van der Waals surface area (Å²) in [7, 11) is 2.05. The Morgan fingerprint density at radius 2 is 2.33 bits per heavy atom. The highest BCUT2D eigenvalue weighted by Crippen LogP contribution is 2.23. The lowest BCUT2D eigenvalue weighted by Gasteiger charge is -2.36. The zero-order valence-corrected chi connectivity index (χ0v) is 11.7. The second-order valence-electron chi connectivity index (χ2n) is 5.15. The number of nitrogens with zero attached hydrogens (tertiary/aromatic N) is 3. The summed E-state index contributed by atoms with van der Waals surface area (Å²) in [5.74, 6) is 1.80. The Morgan fingerprint density at radius 1 is 1.50 bits per heavy atom. The van der Waals surface area contributed by atoms with Gasteiger partial charge in [-0.2, -0.15) is 0 Å². The second-order valence-corrected chi connectivity index (χ2v) is 5.15. The SMILES string of the molecule is CCc1cc(N2CCCC(C(C)NC)C2)ncn1. The van der Waals surface area contributed by atoms with Crippen LogP contribution in [0.5, 0.6) is 0 Å². The van der Waals surface area contributed by atoms with Crippen molar-refractivity contribution in [2.24, 2.45) is 5.92 Å². The fourth-order valence-electron chi connectivity index (χ4n) is 2.61. The molecular weight excluding hydrogens is 224 g/mol. The van der Waals surface area contributed by atoms with Crippen molar-refractivity contribution in [3.8, 4) is 0 Å². The van der Waals surface area contributed by atoms with Crippen LogP contribution >= 0.6 is 0 Å². The highest BCUT2D eigenvalue weighted by Gasteiger charge is 2.24. The topological polar surface area (TPSA) is 41.0 Å². The molecule has 1 aromatic rings. The van der Waals surface area contributed by atoms with E-state index in [1.807, 2.05) is 7.05 Å². The van der Waals surface area contributed by atoms with Crippen molar-refractivity contribution in [2.75, 3.05) is 25.0 Å². The summed E-state index contributed by atoms with van der Waals surface area (Å²) < 4.78 is 0. The molecule has 2 rings (SSSR count). The minimum atomic E-state index is 0.570. The number of aromatic nitrogens is 2. The van der Waals surface area contributed by atoms with E-state index < -0.39 is 0 Å². The summed E-state index contributed by atoms with van der Waals surface area (Å²) in [4.78, 5) is 11.1. The van der Waals surface area contributed by atoms with Crippen molar-refractivity contribution in [2.45, 2.75) is 39.2 Å². The molecule has 0 spiro atoms. The Hall–Kier alpha value is -1.16. The number of hydrogen-bond acceptors (Lipinski definition) is 4. The number of piperidine rings is 1. The average molecular weight is 248 g/mol. The molecule has 4 nitrogen and oxygen atoms in total. The van der Waals surface area contributed by atoms with Crippen LogP contribution in [0.1, 0.15) is 32.4 Å². The molecule has 1 aliphatic rings. The van der Waals surface area contributed by atoms with Gasteiger partial charge in [0.15, 0.2) is 0 Å². The van der Waals surface area contributed by atoms with Crippen molar-refractivity contribution in [1.29, 1.82) is 0 Å². The number of aryl methyl sites for hydroxylation is 1. The average Bonchev–Trinajstić information content (AvgIpc) is 2.46. The molecule has 2 heterocycles. The summed E-state index contributed by atoms with van der Waals surface area (Å²) in [5.41, 5.74) is 1.13. The van der Waals surface area contributed by atoms with Gasteiger partial charge in [0.2, 0.25) is 0 Å². The monoisotopic (exact) mass is 248 g/mol. The Morgan fingerprint density at radius 3 is 3.06 bits per heavy atom. The minimum Gasteiger partial charge on any atom is -0.356 e. The van der Waals surface area contributed by atoms with Crippen molar-refractivity contribution in [3.63, 3.8) is 0 Å². The van der Waals surface area contributed by atoms with E-state index in [-0.39, 0.29) is 0 Å². The van der Waals surface area contributed by atoms with Crippen molar-refractivity contribution in [1.82, 2.24) is 15.3 Å². The molecule has 1 saturated heterocycles. The van der Waals surface area contributed by atoms with Gasteiger partial charge in [0.05, 0.1) is 0 Å². The largest absolute Gasteiger partial charge is 0.356 e. The van der Waals surface area contributed by atoms with Gasteiger partial charge in [-0.3, -0.25) is 0 Å². The predicted octanol–water partition coefficient (Wildman–Crippen LogP) is 1.86. The molecule has 0 aromatic carbocycles. The van der Waals surface area contributed by atoms with E-state index in [2.05, 4.69) is 40.1 Å². The van der Waals surface area contributed by atoms with Crippen molar-refractivity contribution in [3.05, 3.63) is 18.1 Å². The Balaban J connectivity index is 2.07. The maximum absolute atomic E-state index is 4.43. The standard InChI is InChI=1S/C14H24N4/c1-4-13-8-14(17-10-16-13)18-7-5-6-12(9-18)11(2)15-3/h8,10-12,15H,4-7,9H2,1-3H3. The highest BCUT2D eigenvalue weighted by molar-refractivity contribution is 5.39. The molecule has 100 valence electrons. The molecule has 18 heavy (non-hydrogen) atoms. The van der Waals surface area contributed by atoms with Gasteiger partial charge >= 0.3 is 0 Å². The van der Waals surface area contributed by atoms with E-state index in [1.165, 1.54) is 12.8 Å². The molecule has 1 aliphatic heterocycles. The zero-order valence-electron chi connectivity index (χ0n) is 11.7. The lowest BCUT2D eigenvalue weighted by molar-refractivity contribution is 0.332. The molecule has 0 amide bonds. The lowest BCUT2D eigenvalue weighted by Crippen LogP contribution is -2.43. The van der Waals surface area contributed by atoms with Crippen LogP contribution in [0.4, 0.5) is 5.82 Å². The number of anilines is 1. The van der Waals surface area contributed by atoms with Gasteiger partial charge in [0.1, 0.15) is 12.1 Å². The molecule has 0 bridgehead atoms. The van der Waals surface area contributed by atoms with Crippen LogP contribution in [-0.2, 0) is 6.42 Å². The molecule has 4 heteroatoms. The fraction of sp³-hybridized carbons (Fsp3) is 0.714. The van der Waals surface area contributed by atoms with Crippen LogP contribution in [0.2, 0.25) is 0 Å². The number of hydrogen-bond donors (Lipinski definition) is 1. The third kappa shape index (κ3) is 2.99. The molecule has 2 atom stereocenters. The fourth-order valence-corrected chi connectivity index (χ4v) is 2.61. The Labute approximate surface area is 110 Å². The predicted molar refractivity (Wildman–Crippen MR) is 74.9 cm³/mol. The van der Waals surface area contributed by atoms with E-state index in [9.17, 15) is 0 Å². The highest BCUT2D eigenvalue weighted by atomic mass is 15.2. The molecule has 1 aromatic heterocycles. The third-order valence-electron chi connectivity index (χ3n) is 4.02. The first-order chi connectivity index (χ1) is 8.74. The molecule has 0 saturated carbocycles. The lowest BCUT2D eigenvalue weighted by atomic mass is 9.91. The quantitative estimate of drug-likeness (QED) is 0.883. The second kappa shape index (κ2) is 6.14. The number of rotatable bonds is 4. The van der Waals surface area contributed by atoms with Gasteiger partial charge in [-0.1, -0.05) is 6.92 Å². The first-order valence-electron chi connectivity index (χ1n) is 6.97. The van der Waals surface area contributed by atoms with Gasteiger partial charge in [0, 0.05) is 30.9 Å². The Bertz CT molecular complexity index is 380. The van der Waals surface area contributed by atoms with Crippen LogP contribution < -0.4 is 10.2 Å². The van der Waals surface area contributed by atoms with Gasteiger partial charge in [-0.25, -0.2) is 9.97 Å². The molecule has 1 N–H and O–H groups in total. The first-order valence-corrected chi connectivity index (χ1v) is 6.97. The summed E-state index contributed by atoms with van der Waals surface area (Å²) in [5, 5.41) is 3.37. The van der Waals surface area contributed by atoms with Crippen LogP contribution in [0.25, 0.3) is 0 Å². The van der Waals surface area contributed by atoms with E-state index in [0.717, 1.165) is 31.0 Å². The van der Waals surface area contributed by atoms with Gasteiger partial charge in [-0.05, 0) is 39.2 Å². The van der Waals surface area contributed by atoms with E-state index in [4.69, 9.17) is 0 Å². The summed E-state index contributed by atoms with van der Waals surface area (Å²) in [6.45, 7) is 6.62. The zero-order chi connectivity index (χ0) is 13.0. The van der Waals surface area contributed by atoms with E-state index in [1.54, 1.807) is 6.33 Å². The summed E-state index contributed by atoms with van der Waals surface area (Å²) in [6, 6.07) is 2.70. The molecule has 2 unspecified atom stereocenters. The van der Waals surface area contributed by atoms with Gasteiger partial charge in [-0.15, -0.1) is 0 Å². The van der Waals surface area contributed by atoms with Crippen LogP contribution in [0, 0.1) is 5.92 Å². The van der Waals surface area contributed by atoms with Crippen molar-refractivity contribution < 1.29 is 0 Å². The summed E-state index contributed by atoms with van der Waals surface area (Å²) in [6.07, 6.45) is 5.23. The van der Waals surface area contributed by atoms with Crippen LogP contribution in [-0.4, -0.2) is 36.1 Å². The van der Waals surface area contributed by atoms with Crippen LogP contribution in [0.3, 0.4) is 0 Å².